The average Bonchev–Trinajstić information content (AvgIpc) is 2.22. The van der Waals surface area contributed by atoms with Crippen LogP contribution in [0.1, 0.15) is 41.5 Å². The van der Waals surface area contributed by atoms with E-state index < -0.39 is 21.6 Å². The van der Waals surface area contributed by atoms with Gasteiger partial charge >= 0.3 is 5.97 Å². The molecule has 0 aromatic rings. The number of amides is 1. The molecule has 0 unspecified atom stereocenters. The number of ether oxygens (including phenoxy) is 1. The average molecular weight is 301 g/mol. The summed E-state index contributed by atoms with van der Waals surface area (Å²) in [5.74, 6) is -0.822. The van der Waals surface area contributed by atoms with E-state index in [1.54, 1.807) is 0 Å². The first-order valence-electron chi connectivity index (χ1n) is 7.12. The molecule has 3 atom stereocenters. The quantitative estimate of drug-likeness (QED) is 0.471. The lowest BCUT2D eigenvalue weighted by Gasteiger charge is -2.51. The zero-order chi connectivity index (χ0) is 15.7. The molecule has 1 amide bonds. The van der Waals surface area contributed by atoms with Crippen LogP contribution in [0.25, 0.3) is 0 Å². The molecule has 1 aliphatic rings. The van der Waals surface area contributed by atoms with Gasteiger partial charge in [-0.15, -0.1) is 0 Å². The van der Waals surface area contributed by atoms with Crippen LogP contribution in [0, 0.1) is 17.3 Å². The first kappa shape index (κ1) is 17.2. The molecule has 0 aromatic carbocycles. The van der Waals surface area contributed by atoms with Crippen molar-refractivity contribution in [1.29, 1.82) is 0 Å². The molecular weight excluding hydrogens is 274 g/mol. The molecule has 1 N–H and O–H groups in total. The summed E-state index contributed by atoms with van der Waals surface area (Å²) in [6.07, 6.45) is -0.536. The van der Waals surface area contributed by atoms with Gasteiger partial charge in [-0.3, -0.25) is 9.59 Å². The smallest absolute Gasteiger partial charge is 0.304 e. The van der Waals surface area contributed by atoms with Gasteiger partial charge in [-0.05, 0) is 19.3 Å². The first-order valence-corrected chi connectivity index (χ1v) is 9.11. The van der Waals surface area contributed by atoms with Crippen LogP contribution in [0.4, 0.5) is 0 Å². The van der Waals surface area contributed by atoms with Gasteiger partial charge in [0, 0.05) is 12.8 Å². The van der Waals surface area contributed by atoms with E-state index in [9.17, 15) is 9.59 Å². The van der Waals surface area contributed by atoms with Gasteiger partial charge in [0.2, 0.25) is 5.91 Å². The molecule has 1 heterocycles. The normalized spacial score (nSPS) is 25.2. The van der Waals surface area contributed by atoms with Gasteiger partial charge in [0.25, 0.3) is 0 Å². The van der Waals surface area contributed by atoms with Gasteiger partial charge in [-0.1, -0.05) is 27.3 Å². The van der Waals surface area contributed by atoms with Crippen molar-refractivity contribution >= 4 is 21.6 Å². The van der Waals surface area contributed by atoms with Gasteiger partial charge in [0.1, 0.15) is 5.92 Å². The largest absolute Gasteiger partial charge is 0.441 e. The zero-order valence-corrected chi connectivity index (χ0v) is 15.0. The van der Waals surface area contributed by atoms with Crippen molar-refractivity contribution in [3.63, 3.8) is 0 Å². The van der Waals surface area contributed by atoms with Crippen molar-refractivity contribution in [2.45, 2.75) is 59.9 Å². The maximum atomic E-state index is 12.0. The number of hydrogen-bond donors (Lipinski definition) is 1. The molecule has 20 heavy (non-hydrogen) atoms. The second-order valence-corrected chi connectivity index (χ2v) is 7.81. The Morgan fingerprint density at radius 3 is 2.20 bits per heavy atom. The predicted octanol–water partition coefficient (Wildman–Crippen LogP) is 1.21. The van der Waals surface area contributed by atoms with E-state index in [1.807, 2.05) is 13.8 Å². The number of nitrogens with one attached hydrogen (secondary N) is 1. The van der Waals surface area contributed by atoms with Crippen molar-refractivity contribution in [3.8, 4) is 0 Å². The molecule has 0 spiro atoms. The molecule has 0 bridgehead atoms. The Hall–Kier alpha value is -0.883. The van der Waals surface area contributed by atoms with Crippen molar-refractivity contribution in [1.82, 2.24) is 5.32 Å². The summed E-state index contributed by atoms with van der Waals surface area (Å²) in [7, 11) is -0.602. The lowest BCUT2D eigenvalue weighted by Crippen LogP contribution is -2.67. The fraction of sp³-hybridized carbons (Fsp3) is 0.857. The number of carbonyl (C=O) groups excluding carboxylic acids is 2. The standard InChI is InChI=1S/C14H27NO4Si/c1-8(16)18-12-9(11(17)15-12)10(13(2,3)4)14(5,6)19-20-7/h9-10,12H,20H2,1-7H3,(H,15,17)/t9-,10+,12+/m0/s1. The Balaban J connectivity index is 3.05. The molecule has 6 heteroatoms. The highest BCUT2D eigenvalue weighted by Gasteiger charge is 2.55. The van der Waals surface area contributed by atoms with Crippen LogP contribution in [-0.4, -0.2) is 33.5 Å². The second kappa shape index (κ2) is 5.85. The van der Waals surface area contributed by atoms with Gasteiger partial charge in [-0.25, -0.2) is 0 Å². The summed E-state index contributed by atoms with van der Waals surface area (Å²) >= 11 is 0. The molecule has 0 saturated carbocycles. The van der Waals surface area contributed by atoms with E-state index in [4.69, 9.17) is 9.16 Å². The van der Waals surface area contributed by atoms with Crippen LogP contribution in [0.15, 0.2) is 0 Å². The maximum Gasteiger partial charge on any atom is 0.304 e. The van der Waals surface area contributed by atoms with Gasteiger partial charge in [0.05, 0.1) is 5.60 Å². The van der Waals surface area contributed by atoms with Crippen LogP contribution in [0.5, 0.6) is 0 Å². The Morgan fingerprint density at radius 2 is 1.85 bits per heavy atom. The van der Waals surface area contributed by atoms with Crippen LogP contribution in [0.2, 0.25) is 6.55 Å². The third-order valence-corrected chi connectivity index (χ3v) is 4.80. The van der Waals surface area contributed by atoms with Crippen molar-refractivity contribution in [3.05, 3.63) is 0 Å². The number of carbonyl (C=O) groups is 2. The number of hydrogen-bond acceptors (Lipinski definition) is 4. The summed E-state index contributed by atoms with van der Waals surface area (Å²) in [6, 6.07) is 0. The molecule has 5 nitrogen and oxygen atoms in total. The second-order valence-electron chi connectivity index (χ2n) is 6.94. The number of esters is 1. The van der Waals surface area contributed by atoms with E-state index in [-0.39, 0.29) is 29.1 Å². The van der Waals surface area contributed by atoms with Crippen LogP contribution < -0.4 is 5.32 Å². The lowest BCUT2D eigenvalue weighted by atomic mass is 9.63. The maximum absolute atomic E-state index is 12.0. The highest BCUT2D eigenvalue weighted by Crippen LogP contribution is 2.45. The Labute approximate surface area is 123 Å². The molecule has 116 valence electrons. The topological polar surface area (TPSA) is 64.6 Å². The van der Waals surface area contributed by atoms with Gasteiger partial charge in [-0.2, -0.15) is 0 Å². The molecule has 1 fully saturated rings. The Bertz CT molecular complexity index is 389. The minimum absolute atomic E-state index is 0.0273. The third kappa shape index (κ3) is 3.61. The molecular formula is C14H27NO4Si. The highest BCUT2D eigenvalue weighted by atomic mass is 28.2. The van der Waals surface area contributed by atoms with E-state index in [0.717, 1.165) is 0 Å². The zero-order valence-electron chi connectivity index (χ0n) is 13.6. The molecule has 1 rings (SSSR count). The Morgan fingerprint density at radius 1 is 1.30 bits per heavy atom. The monoisotopic (exact) mass is 301 g/mol. The highest BCUT2D eigenvalue weighted by molar-refractivity contribution is 6.25. The van der Waals surface area contributed by atoms with E-state index in [0.29, 0.717) is 0 Å². The summed E-state index contributed by atoms with van der Waals surface area (Å²) in [5, 5.41) is 2.66. The molecule has 1 aliphatic heterocycles. The SMILES string of the molecule is C[SiH2]OC(C)(C)[C@H]([C@H]1C(=O)N[C@@H]1OC(C)=O)C(C)(C)C. The first-order chi connectivity index (χ1) is 9.00. The summed E-state index contributed by atoms with van der Waals surface area (Å²) in [4.78, 5) is 23.2. The van der Waals surface area contributed by atoms with Crippen molar-refractivity contribution in [2.75, 3.05) is 0 Å². The van der Waals surface area contributed by atoms with Gasteiger partial charge < -0.3 is 14.5 Å². The van der Waals surface area contributed by atoms with Crippen molar-refractivity contribution < 1.29 is 18.8 Å². The summed E-state index contributed by atoms with van der Waals surface area (Å²) < 4.78 is 11.2. The van der Waals surface area contributed by atoms with Crippen LogP contribution in [0.3, 0.4) is 0 Å². The summed E-state index contributed by atoms with van der Waals surface area (Å²) in [6.45, 7) is 13.8. The number of β-lactam (4-membered cyclic amide) rings is 1. The fourth-order valence-corrected chi connectivity index (χ4v) is 4.37. The van der Waals surface area contributed by atoms with Crippen LogP contribution >= 0.6 is 0 Å². The predicted molar refractivity (Wildman–Crippen MR) is 79.7 cm³/mol. The molecule has 1 saturated heterocycles. The van der Waals surface area contributed by atoms with E-state index >= 15 is 0 Å². The van der Waals surface area contributed by atoms with E-state index in [1.165, 1.54) is 6.92 Å². The summed E-state index contributed by atoms with van der Waals surface area (Å²) in [5.41, 5.74) is -0.548. The Kier molecular flexibility index (Phi) is 5.02. The fourth-order valence-electron chi connectivity index (χ4n) is 3.45. The van der Waals surface area contributed by atoms with Gasteiger partial charge in [0.15, 0.2) is 16.0 Å². The van der Waals surface area contributed by atoms with Crippen LogP contribution in [-0.2, 0) is 18.8 Å². The lowest BCUT2D eigenvalue weighted by molar-refractivity contribution is -0.183. The third-order valence-electron chi connectivity index (χ3n) is 3.76. The molecule has 0 radical (unpaired) electrons. The number of rotatable bonds is 5. The molecule has 0 aromatic heterocycles. The van der Waals surface area contributed by atoms with Crippen molar-refractivity contribution in [2.24, 2.45) is 17.3 Å². The molecule has 0 aliphatic carbocycles. The minimum atomic E-state index is -0.602. The minimum Gasteiger partial charge on any atom is -0.441 e. The van der Waals surface area contributed by atoms with E-state index in [2.05, 4.69) is 32.6 Å².